The summed E-state index contributed by atoms with van der Waals surface area (Å²) in [6, 6.07) is 0. The molecule has 0 aromatic rings. The zero-order valence-electron chi connectivity index (χ0n) is 38.7. The third-order valence-corrected chi connectivity index (χ3v) is 12.5. The van der Waals surface area contributed by atoms with Crippen LogP contribution in [0.1, 0.15) is 267 Å². The molecule has 0 aromatic carbocycles. The Labute approximate surface area is 344 Å². The molecule has 0 fully saturated rings. The van der Waals surface area contributed by atoms with Gasteiger partial charge in [0, 0.05) is 0 Å². The van der Waals surface area contributed by atoms with Gasteiger partial charge in [-0.2, -0.15) is 0 Å². The van der Waals surface area contributed by atoms with Crippen molar-refractivity contribution < 1.29 is 0 Å². The van der Waals surface area contributed by atoms with Gasteiger partial charge in [0.1, 0.15) is 0 Å². The van der Waals surface area contributed by atoms with Crippen LogP contribution in [0, 0.1) is 17.8 Å². The summed E-state index contributed by atoms with van der Waals surface area (Å²) in [5.41, 5.74) is 2.65. The van der Waals surface area contributed by atoms with E-state index in [2.05, 4.69) is 71.6 Å². The van der Waals surface area contributed by atoms with Crippen molar-refractivity contribution in [2.75, 3.05) is 19.6 Å². The van der Waals surface area contributed by atoms with E-state index in [1.165, 1.54) is 232 Å². The Morgan fingerprint density at radius 1 is 0.574 bits per heavy atom. The minimum Gasteiger partial charge on any atom is -0.0654 e. The summed E-state index contributed by atoms with van der Waals surface area (Å²) in [5.74, 6) is 2.56. The minimum absolute atomic E-state index is 0.697. The van der Waals surface area contributed by atoms with Crippen LogP contribution < -0.4 is 0 Å². The van der Waals surface area contributed by atoms with E-state index in [1.54, 1.807) is 5.57 Å². The van der Waals surface area contributed by atoms with Gasteiger partial charge in [0.25, 0.3) is 0 Å². The molecule has 0 spiro atoms. The number of allylic oxidation sites excluding steroid dienone is 4. The van der Waals surface area contributed by atoms with E-state index in [9.17, 15) is 0 Å². The van der Waals surface area contributed by atoms with Gasteiger partial charge >= 0.3 is 115 Å². The molecule has 2 atom stereocenters. The summed E-state index contributed by atoms with van der Waals surface area (Å²) in [4.78, 5) is 2.83. The zero-order valence-corrected chi connectivity index (χ0v) is 38.7. The van der Waals surface area contributed by atoms with Gasteiger partial charge in [-0.1, -0.05) is 213 Å². The van der Waals surface area contributed by atoms with Gasteiger partial charge in [0.15, 0.2) is 0 Å². The molecule has 2 unspecified atom stereocenters. The molecule has 0 aliphatic heterocycles. The Bertz CT molecular complexity index is 812. The standard InChI is InChI=1S/C34H63BN.C18H38/c1-5-7-8-9-10-11-12-13-16-19-25-33(6-2)30-36(28-20-17-14-15-18-24-32(4)35)29-22-27-34-26-21-23-31(34)3;1-4-6-8-10-12-14-16-18(3)17-15-13-11-9-7-5-2/h21,23,26,33-34H,5-20,22,24-25,27-30H2,1-4H3;18H,4-17H2,1-3H3. The first-order valence-electron chi connectivity index (χ1n) is 25.0. The van der Waals surface area contributed by atoms with Gasteiger partial charge in [0.05, 0.1) is 0 Å². The van der Waals surface area contributed by atoms with Gasteiger partial charge in [-0.15, -0.1) is 0 Å². The predicted molar refractivity (Wildman–Crippen MR) is 252 cm³/mol. The Morgan fingerprint density at radius 2 is 1.00 bits per heavy atom. The second-order valence-electron chi connectivity index (χ2n) is 18.2. The fourth-order valence-corrected chi connectivity index (χ4v) is 8.44. The van der Waals surface area contributed by atoms with E-state index < -0.39 is 0 Å². The van der Waals surface area contributed by atoms with Crippen LogP contribution >= 0.6 is 0 Å². The van der Waals surface area contributed by atoms with E-state index in [-0.39, 0.29) is 0 Å². The van der Waals surface area contributed by atoms with Crippen molar-refractivity contribution in [2.45, 2.75) is 267 Å². The van der Waals surface area contributed by atoms with Crippen molar-refractivity contribution >= 4 is 13.0 Å². The van der Waals surface area contributed by atoms with Crippen LogP contribution in [-0.2, 0) is 0 Å². The van der Waals surface area contributed by atoms with Crippen molar-refractivity contribution in [3.05, 3.63) is 23.8 Å². The molecule has 0 bridgehead atoms. The fraction of sp³-hybridized carbons (Fsp3) is 0.904. The Morgan fingerprint density at radius 3 is 1.44 bits per heavy atom. The number of unbranched alkanes of at least 4 members (excludes halogenated alkanes) is 23. The summed E-state index contributed by atoms with van der Waals surface area (Å²) < 4.78 is 0. The van der Waals surface area contributed by atoms with Gasteiger partial charge in [-0.3, -0.25) is 0 Å². The van der Waals surface area contributed by atoms with Crippen LogP contribution in [0.5, 0.6) is 0 Å². The van der Waals surface area contributed by atoms with Crippen LogP contribution in [0.2, 0.25) is 0 Å². The first-order valence-corrected chi connectivity index (χ1v) is 25.0. The minimum atomic E-state index is 0.697. The number of hydrogen-bond acceptors (Lipinski definition) is 1. The fourth-order valence-electron chi connectivity index (χ4n) is 8.44. The second kappa shape index (κ2) is 42.0. The average Bonchev–Trinajstić information content (AvgIpc) is 3.58. The van der Waals surface area contributed by atoms with Crippen molar-refractivity contribution in [3.8, 4) is 0 Å². The SMILES string of the molecule is CCCCCCCCC(C)CCCCCCCC.[B]=C(C)CCCCCCCN(CCCC1C=CC=C1C)CC(CC)CCCCCCCCCCCC. The normalized spacial score (nSPS) is 14.5. The molecule has 1 aliphatic rings. The van der Waals surface area contributed by atoms with E-state index in [0.29, 0.717) is 5.92 Å². The van der Waals surface area contributed by atoms with Crippen molar-refractivity contribution in [2.24, 2.45) is 17.8 Å². The summed E-state index contributed by atoms with van der Waals surface area (Å²) in [6.07, 6.45) is 54.9. The van der Waals surface area contributed by atoms with Crippen LogP contribution in [0.3, 0.4) is 0 Å². The summed E-state index contributed by atoms with van der Waals surface area (Å²) in [7, 11) is 5.82. The van der Waals surface area contributed by atoms with Crippen LogP contribution in [0.25, 0.3) is 0 Å². The molecule has 1 radical (unpaired) electrons. The molecule has 0 amide bonds. The number of nitrogens with zero attached hydrogens (tertiary/aromatic N) is 1. The third-order valence-electron chi connectivity index (χ3n) is 12.5. The van der Waals surface area contributed by atoms with Gasteiger partial charge in [0.2, 0.25) is 0 Å². The third kappa shape index (κ3) is 37.0. The molecular weight excluding hydrogens is 649 g/mol. The van der Waals surface area contributed by atoms with Crippen molar-refractivity contribution in [3.63, 3.8) is 0 Å². The molecule has 0 saturated heterocycles. The van der Waals surface area contributed by atoms with E-state index in [0.717, 1.165) is 23.7 Å². The molecule has 2 heteroatoms. The van der Waals surface area contributed by atoms with E-state index in [1.807, 2.05) is 0 Å². The molecule has 1 nitrogen and oxygen atoms in total. The Kier molecular flexibility index (Phi) is 41.5. The first kappa shape index (κ1) is 53.4. The summed E-state index contributed by atoms with van der Waals surface area (Å²) in [5, 5.41) is 0. The van der Waals surface area contributed by atoms with Crippen LogP contribution in [0.15, 0.2) is 23.8 Å². The predicted octanol–water partition coefficient (Wildman–Crippen LogP) is 17.4. The molecule has 0 aromatic heterocycles. The Hall–Kier alpha value is -0.625. The second-order valence-corrected chi connectivity index (χ2v) is 18.2. The maximum absolute atomic E-state index is 5.82. The maximum atomic E-state index is 5.82. The molecule has 54 heavy (non-hydrogen) atoms. The molecular formula is C52H101BN. The zero-order chi connectivity index (χ0) is 39.7. The van der Waals surface area contributed by atoms with E-state index >= 15 is 0 Å². The monoisotopic (exact) mass is 751 g/mol. The molecule has 317 valence electrons. The van der Waals surface area contributed by atoms with E-state index in [4.69, 9.17) is 7.49 Å². The van der Waals surface area contributed by atoms with Gasteiger partial charge < -0.3 is 0 Å². The average molecular weight is 751 g/mol. The van der Waals surface area contributed by atoms with Gasteiger partial charge in [-0.25, -0.2) is 0 Å². The van der Waals surface area contributed by atoms with Crippen molar-refractivity contribution in [1.82, 2.24) is 4.90 Å². The summed E-state index contributed by atoms with van der Waals surface area (Å²) in [6.45, 7) is 20.0. The van der Waals surface area contributed by atoms with Crippen molar-refractivity contribution in [1.29, 1.82) is 0 Å². The topological polar surface area (TPSA) is 3.24 Å². The van der Waals surface area contributed by atoms with Crippen LogP contribution in [0.4, 0.5) is 0 Å². The molecule has 0 N–H and O–H groups in total. The number of hydrogen-bond donors (Lipinski definition) is 0. The molecule has 1 rings (SSSR count). The summed E-state index contributed by atoms with van der Waals surface area (Å²) >= 11 is 0. The van der Waals surface area contributed by atoms with Crippen LogP contribution in [-0.4, -0.2) is 37.5 Å². The number of rotatable bonds is 40. The Balaban J connectivity index is 0.00000131. The first-order chi connectivity index (χ1) is 26.4. The molecule has 0 saturated carbocycles. The smallest absolute Gasteiger partial charge is 0.0654 e. The molecule has 1 aliphatic carbocycles. The van der Waals surface area contributed by atoms with Gasteiger partial charge in [-0.05, 0) is 18.8 Å². The quantitative estimate of drug-likeness (QED) is 0.0445. The molecule has 0 heterocycles.